The zero-order valence-electron chi connectivity index (χ0n) is 37.6. The van der Waals surface area contributed by atoms with Crippen molar-refractivity contribution >= 4 is 23.8 Å². The van der Waals surface area contributed by atoms with E-state index in [-0.39, 0.29) is 67.7 Å². The van der Waals surface area contributed by atoms with Gasteiger partial charge in [0.15, 0.2) is 0 Å². The molecule has 0 rings (SSSR count). The summed E-state index contributed by atoms with van der Waals surface area (Å²) in [4.78, 5) is 50.8. The lowest BCUT2D eigenvalue weighted by Crippen LogP contribution is -2.43. The van der Waals surface area contributed by atoms with Gasteiger partial charge in [-0.05, 0) is 70.6 Å². The van der Waals surface area contributed by atoms with Crippen LogP contribution >= 0.6 is 0 Å². The van der Waals surface area contributed by atoms with Crippen LogP contribution in [0, 0.1) is 0 Å². The van der Waals surface area contributed by atoms with Crippen LogP contribution in [0.25, 0.3) is 0 Å². The molecule has 0 spiro atoms. The molecule has 0 aromatic carbocycles. The maximum absolute atomic E-state index is 12.8. The predicted octanol–water partition coefficient (Wildman–Crippen LogP) is 13.2. The predicted molar refractivity (Wildman–Crippen MR) is 235 cm³/mol. The smallest absolute Gasteiger partial charge is 0.306 e. The number of carbonyl (C=O) groups is 4. The van der Waals surface area contributed by atoms with E-state index in [4.69, 9.17) is 9.47 Å². The van der Waals surface area contributed by atoms with Crippen LogP contribution in [0.1, 0.15) is 259 Å². The zero-order chi connectivity index (χ0) is 41.3. The quantitative estimate of drug-likeness (QED) is 0.0470. The van der Waals surface area contributed by atoms with Crippen LogP contribution in [-0.2, 0) is 28.7 Å². The minimum atomic E-state index is -0.200. The van der Waals surface area contributed by atoms with E-state index in [0.29, 0.717) is 25.8 Å². The van der Waals surface area contributed by atoms with Gasteiger partial charge in [0, 0.05) is 38.3 Å². The van der Waals surface area contributed by atoms with Gasteiger partial charge in [-0.2, -0.15) is 0 Å². The number of ether oxygens (including phenoxy) is 2. The molecular formula is C48H92N2O6. The molecule has 1 atom stereocenters. The fraction of sp³-hybridized carbons (Fsp3) is 0.917. The third kappa shape index (κ3) is 36.2. The van der Waals surface area contributed by atoms with E-state index in [0.717, 1.165) is 51.4 Å². The second-order valence-electron chi connectivity index (χ2n) is 16.6. The molecule has 0 aliphatic rings. The maximum atomic E-state index is 12.8. The van der Waals surface area contributed by atoms with E-state index in [1.165, 1.54) is 128 Å². The van der Waals surface area contributed by atoms with E-state index in [9.17, 15) is 19.2 Å². The van der Waals surface area contributed by atoms with Crippen molar-refractivity contribution in [1.82, 2.24) is 10.6 Å². The Hall–Kier alpha value is -2.12. The van der Waals surface area contributed by atoms with Crippen LogP contribution in [0.3, 0.4) is 0 Å². The highest BCUT2D eigenvalue weighted by molar-refractivity contribution is 5.78. The summed E-state index contributed by atoms with van der Waals surface area (Å²) >= 11 is 0. The number of hydrogen-bond donors (Lipinski definition) is 2. The van der Waals surface area contributed by atoms with Gasteiger partial charge >= 0.3 is 11.9 Å². The van der Waals surface area contributed by atoms with Crippen molar-refractivity contribution in [3.63, 3.8) is 0 Å². The summed E-state index contributed by atoms with van der Waals surface area (Å²) < 4.78 is 11.9. The minimum absolute atomic E-state index is 0.0185. The average Bonchev–Trinajstić information content (AvgIpc) is 3.18. The molecule has 2 amide bonds. The molecule has 0 aliphatic carbocycles. The first-order valence-electron chi connectivity index (χ1n) is 24.2. The van der Waals surface area contributed by atoms with Gasteiger partial charge in [-0.15, -0.1) is 0 Å². The molecule has 0 radical (unpaired) electrons. The van der Waals surface area contributed by atoms with Crippen molar-refractivity contribution in [2.75, 3.05) is 6.54 Å². The van der Waals surface area contributed by atoms with Crippen LogP contribution in [0.5, 0.6) is 0 Å². The van der Waals surface area contributed by atoms with Crippen molar-refractivity contribution in [2.45, 2.75) is 278 Å². The molecule has 1 unspecified atom stereocenters. The number of esters is 2. The molecule has 0 aliphatic heterocycles. The lowest BCUT2D eigenvalue weighted by molar-refractivity contribution is -0.151. The molecule has 0 fully saturated rings. The summed E-state index contributed by atoms with van der Waals surface area (Å²) in [6, 6.07) is -0.188. The van der Waals surface area contributed by atoms with Crippen LogP contribution in [-0.4, -0.2) is 48.5 Å². The number of carbonyl (C=O) groups excluding carboxylic acids is 4. The van der Waals surface area contributed by atoms with Crippen molar-refractivity contribution < 1.29 is 28.7 Å². The molecule has 0 saturated heterocycles. The first kappa shape index (κ1) is 53.9. The Morgan fingerprint density at radius 2 is 0.714 bits per heavy atom. The molecule has 330 valence electrons. The molecule has 2 N–H and O–H groups in total. The molecule has 0 aromatic rings. The number of hydrogen-bond acceptors (Lipinski definition) is 6. The topological polar surface area (TPSA) is 111 Å². The standard InChI is InChI=1S/C48H92N2O6/c1-6-11-15-19-23-27-33-43(34-28-24-20-16-12-7-2)55-47(53)39-31-37-45(51)49-41-42(10-5)50-46(52)38-32-40-48(54)56-44(35-29-25-21-17-13-8-3)36-30-26-22-18-14-9-4/h42-44H,6-41H2,1-5H3,(H,49,51)(H,50,52). The van der Waals surface area contributed by atoms with E-state index in [1.54, 1.807) is 0 Å². The maximum Gasteiger partial charge on any atom is 0.306 e. The van der Waals surface area contributed by atoms with E-state index >= 15 is 0 Å². The highest BCUT2D eigenvalue weighted by Crippen LogP contribution is 2.19. The SMILES string of the molecule is CCCCCCCCC(CCCCCCCC)OC(=O)CCCC(=O)NCC(CC)NC(=O)CCCC(=O)OC(CCCCCCCC)CCCCCCCC. The van der Waals surface area contributed by atoms with E-state index in [2.05, 4.69) is 38.3 Å². The Morgan fingerprint density at radius 3 is 1.05 bits per heavy atom. The van der Waals surface area contributed by atoms with Gasteiger partial charge in [-0.3, -0.25) is 19.2 Å². The molecule has 0 bridgehead atoms. The van der Waals surface area contributed by atoms with Crippen molar-refractivity contribution in [1.29, 1.82) is 0 Å². The van der Waals surface area contributed by atoms with Gasteiger partial charge in [0.25, 0.3) is 0 Å². The lowest BCUT2D eigenvalue weighted by atomic mass is 10.0. The van der Waals surface area contributed by atoms with Gasteiger partial charge in [0.1, 0.15) is 12.2 Å². The largest absolute Gasteiger partial charge is 0.462 e. The van der Waals surface area contributed by atoms with Crippen LogP contribution < -0.4 is 10.6 Å². The molecule has 8 nitrogen and oxygen atoms in total. The summed E-state index contributed by atoms with van der Waals surface area (Å²) in [5.41, 5.74) is 0. The molecule has 56 heavy (non-hydrogen) atoms. The Kier molecular flexibility index (Phi) is 39.5. The van der Waals surface area contributed by atoms with Crippen molar-refractivity contribution in [2.24, 2.45) is 0 Å². The second kappa shape index (κ2) is 41.1. The van der Waals surface area contributed by atoms with Crippen molar-refractivity contribution in [3.8, 4) is 0 Å². The monoisotopic (exact) mass is 793 g/mol. The summed E-state index contributed by atoms with van der Waals surface area (Å²) in [5, 5.41) is 5.94. The van der Waals surface area contributed by atoms with Gasteiger partial charge in [-0.1, -0.05) is 163 Å². The number of amides is 2. The normalized spacial score (nSPS) is 11.9. The third-order valence-electron chi connectivity index (χ3n) is 11.1. The average molecular weight is 793 g/mol. The van der Waals surface area contributed by atoms with Gasteiger partial charge < -0.3 is 20.1 Å². The number of unbranched alkanes of at least 4 members (excludes halogenated alkanes) is 20. The zero-order valence-corrected chi connectivity index (χ0v) is 37.6. The Morgan fingerprint density at radius 1 is 0.393 bits per heavy atom. The van der Waals surface area contributed by atoms with E-state index in [1.807, 2.05) is 6.92 Å². The lowest BCUT2D eigenvalue weighted by Gasteiger charge is -2.19. The summed E-state index contributed by atoms with van der Waals surface area (Å²) in [5.74, 6) is -0.642. The molecular weight excluding hydrogens is 701 g/mol. The molecule has 0 saturated carbocycles. The summed E-state index contributed by atoms with van der Waals surface area (Å²) in [7, 11) is 0. The minimum Gasteiger partial charge on any atom is -0.462 e. The first-order valence-corrected chi connectivity index (χ1v) is 24.2. The highest BCUT2D eigenvalue weighted by atomic mass is 16.5. The fourth-order valence-electron chi connectivity index (χ4n) is 7.33. The Balaban J connectivity index is 4.50. The molecule has 0 aromatic heterocycles. The van der Waals surface area contributed by atoms with Crippen LogP contribution in [0.2, 0.25) is 0 Å². The highest BCUT2D eigenvalue weighted by Gasteiger charge is 2.18. The van der Waals surface area contributed by atoms with Crippen molar-refractivity contribution in [3.05, 3.63) is 0 Å². The Labute approximate surface area is 346 Å². The van der Waals surface area contributed by atoms with E-state index < -0.39 is 0 Å². The Bertz CT molecular complexity index is 895. The van der Waals surface area contributed by atoms with Crippen LogP contribution in [0.15, 0.2) is 0 Å². The first-order chi connectivity index (χ1) is 27.3. The van der Waals surface area contributed by atoms with Gasteiger partial charge in [0.2, 0.25) is 11.8 Å². The number of rotatable bonds is 42. The fourth-order valence-corrected chi connectivity index (χ4v) is 7.33. The number of nitrogens with one attached hydrogen (secondary N) is 2. The third-order valence-corrected chi connectivity index (χ3v) is 11.1. The van der Waals surface area contributed by atoms with Gasteiger partial charge in [-0.25, -0.2) is 0 Å². The molecule has 0 heterocycles. The summed E-state index contributed by atoms with van der Waals surface area (Å²) in [6.07, 6.45) is 35.6. The van der Waals surface area contributed by atoms with Gasteiger partial charge in [0.05, 0.1) is 0 Å². The summed E-state index contributed by atoms with van der Waals surface area (Å²) in [6.45, 7) is 11.2. The molecule has 8 heteroatoms. The second-order valence-corrected chi connectivity index (χ2v) is 16.6. The van der Waals surface area contributed by atoms with Crippen LogP contribution in [0.4, 0.5) is 0 Å².